The van der Waals surface area contributed by atoms with Crippen LogP contribution in [-0.4, -0.2) is 16.0 Å². The zero-order valence-electron chi connectivity index (χ0n) is 11.2. The molecule has 0 aliphatic heterocycles. The van der Waals surface area contributed by atoms with E-state index in [0.717, 1.165) is 15.7 Å². The summed E-state index contributed by atoms with van der Waals surface area (Å²) < 4.78 is 0.909. The number of rotatable bonds is 3. The highest BCUT2D eigenvalue weighted by atomic mass is 79.9. The van der Waals surface area contributed by atoms with Crippen molar-refractivity contribution in [2.75, 3.05) is 5.32 Å². The molecule has 20 heavy (non-hydrogen) atoms. The second-order valence-corrected chi connectivity index (χ2v) is 5.22. The normalized spacial score (nSPS) is 11.8. The first-order chi connectivity index (χ1) is 9.56. The number of aromatic nitrogens is 2. The molecule has 0 fully saturated rings. The summed E-state index contributed by atoms with van der Waals surface area (Å²) in [7, 11) is 0. The highest BCUT2D eigenvalue weighted by Gasteiger charge is 2.10. The molecule has 0 spiro atoms. The summed E-state index contributed by atoms with van der Waals surface area (Å²) in [5.74, 6) is 0.515. The van der Waals surface area contributed by atoms with Crippen LogP contribution in [0.2, 0.25) is 0 Å². The molecule has 0 bridgehead atoms. The minimum atomic E-state index is -0.296. The summed E-state index contributed by atoms with van der Waals surface area (Å²) in [6.07, 6.45) is 3.43. The average molecular weight is 335 g/mol. The Morgan fingerprint density at radius 3 is 2.80 bits per heavy atom. The molecule has 0 saturated heterocycles. The molecule has 2 aromatic heterocycles. The Morgan fingerprint density at radius 2 is 2.15 bits per heavy atom. The molecule has 0 saturated carbocycles. The van der Waals surface area contributed by atoms with E-state index in [1.165, 1.54) is 0 Å². The van der Waals surface area contributed by atoms with E-state index >= 15 is 0 Å². The van der Waals surface area contributed by atoms with Gasteiger partial charge in [0.2, 0.25) is 0 Å². The number of anilines is 1. The molecule has 2 heterocycles. The van der Waals surface area contributed by atoms with E-state index in [2.05, 4.69) is 36.5 Å². The molecule has 1 atom stereocenters. The quantitative estimate of drug-likeness (QED) is 0.903. The number of carbonyl (C=O) groups excluding carboxylic acids is 1. The number of hydrogen-bond donors (Lipinski definition) is 2. The predicted molar refractivity (Wildman–Crippen MR) is 81.5 cm³/mol. The van der Waals surface area contributed by atoms with Gasteiger partial charge in [0.05, 0.1) is 11.7 Å². The first-order valence-corrected chi connectivity index (χ1v) is 6.96. The van der Waals surface area contributed by atoms with E-state index in [0.29, 0.717) is 5.82 Å². The van der Waals surface area contributed by atoms with Gasteiger partial charge in [0.25, 0.3) is 0 Å². The van der Waals surface area contributed by atoms with Crippen LogP contribution in [0.3, 0.4) is 0 Å². The number of amides is 2. The van der Waals surface area contributed by atoms with Crippen LogP contribution in [0, 0.1) is 6.92 Å². The fourth-order valence-electron chi connectivity index (χ4n) is 1.68. The minimum Gasteiger partial charge on any atom is -0.331 e. The number of aryl methyl sites for hydroxylation is 1. The Balaban J connectivity index is 1.97. The third-order valence-corrected chi connectivity index (χ3v) is 3.63. The number of nitrogens with zero attached hydrogens (tertiary/aromatic N) is 2. The van der Waals surface area contributed by atoms with Crippen molar-refractivity contribution in [1.29, 1.82) is 0 Å². The third kappa shape index (κ3) is 3.77. The lowest BCUT2D eigenvalue weighted by atomic mass is 10.1. The number of pyridine rings is 2. The van der Waals surface area contributed by atoms with Crippen LogP contribution in [-0.2, 0) is 0 Å². The topological polar surface area (TPSA) is 66.9 Å². The molecule has 0 aromatic carbocycles. The SMILES string of the molecule is Cc1nc(NC(=O)NC(C)c2cccnc2)ccc1Br. The van der Waals surface area contributed by atoms with Crippen molar-refractivity contribution in [3.05, 3.63) is 52.4 Å². The third-order valence-electron chi connectivity index (χ3n) is 2.79. The van der Waals surface area contributed by atoms with Crippen LogP contribution in [0.4, 0.5) is 10.6 Å². The zero-order chi connectivity index (χ0) is 14.5. The van der Waals surface area contributed by atoms with E-state index in [9.17, 15) is 4.79 Å². The van der Waals surface area contributed by atoms with Gasteiger partial charge >= 0.3 is 6.03 Å². The van der Waals surface area contributed by atoms with Crippen LogP contribution < -0.4 is 10.6 Å². The van der Waals surface area contributed by atoms with E-state index < -0.39 is 0 Å². The van der Waals surface area contributed by atoms with Gasteiger partial charge in [0.1, 0.15) is 5.82 Å². The van der Waals surface area contributed by atoms with Gasteiger partial charge in [-0.3, -0.25) is 10.3 Å². The molecule has 2 N–H and O–H groups in total. The number of nitrogens with one attached hydrogen (secondary N) is 2. The molecule has 2 amide bonds. The van der Waals surface area contributed by atoms with E-state index in [4.69, 9.17) is 0 Å². The van der Waals surface area contributed by atoms with Crippen molar-refractivity contribution in [3.63, 3.8) is 0 Å². The fourth-order valence-corrected chi connectivity index (χ4v) is 1.90. The first kappa shape index (κ1) is 14.5. The Hall–Kier alpha value is -1.95. The van der Waals surface area contributed by atoms with Crippen molar-refractivity contribution < 1.29 is 4.79 Å². The predicted octanol–water partition coefficient (Wildman–Crippen LogP) is 3.43. The van der Waals surface area contributed by atoms with Crippen LogP contribution >= 0.6 is 15.9 Å². The molecule has 0 aliphatic carbocycles. The summed E-state index contributed by atoms with van der Waals surface area (Å²) in [5.41, 5.74) is 1.77. The molecular formula is C14H15BrN4O. The molecule has 2 rings (SSSR count). The molecule has 6 heteroatoms. The lowest BCUT2D eigenvalue weighted by Gasteiger charge is -2.14. The Bertz CT molecular complexity index is 603. The smallest absolute Gasteiger partial charge is 0.320 e. The Morgan fingerprint density at radius 1 is 1.35 bits per heavy atom. The standard InChI is InChI=1S/C14H15BrN4O/c1-9(11-4-3-7-16-8-11)18-14(20)19-13-6-5-12(15)10(2)17-13/h3-9H,1-2H3,(H2,17,18,19,20). The minimum absolute atomic E-state index is 0.125. The highest BCUT2D eigenvalue weighted by molar-refractivity contribution is 9.10. The van der Waals surface area contributed by atoms with Gasteiger partial charge in [-0.2, -0.15) is 0 Å². The molecule has 5 nitrogen and oxygen atoms in total. The molecule has 1 unspecified atom stereocenters. The highest BCUT2D eigenvalue weighted by Crippen LogP contribution is 2.16. The van der Waals surface area contributed by atoms with E-state index in [-0.39, 0.29) is 12.1 Å². The average Bonchev–Trinajstić information content (AvgIpc) is 2.44. The summed E-state index contributed by atoms with van der Waals surface area (Å²) in [5, 5.41) is 5.55. The number of hydrogen-bond acceptors (Lipinski definition) is 3. The summed E-state index contributed by atoms with van der Waals surface area (Å²) >= 11 is 3.37. The number of urea groups is 1. The van der Waals surface area contributed by atoms with Gasteiger partial charge in [-0.25, -0.2) is 9.78 Å². The largest absolute Gasteiger partial charge is 0.331 e. The molecule has 2 aromatic rings. The lowest BCUT2D eigenvalue weighted by Crippen LogP contribution is -2.31. The van der Waals surface area contributed by atoms with Crippen molar-refractivity contribution in [1.82, 2.24) is 15.3 Å². The van der Waals surface area contributed by atoms with Crippen LogP contribution in [0.15, 0.2) is 41.1 Å². The van der Waals surface area contributed by atoms with Gasteiger partial charge in [0.15, 0.2) is 0 Å². The summed E-state index contributed by atoms with van der Waals surface area (Å²) in [6.45, 7) is 3.77. The number of carbonyl (C=O) groups is 1. The summed E-state index contributed by atoms with van der Waals surface area (Å²) in [6, 6.07) is 6.93. The molecule has 104 valence electrons. The maximum Gasteiger partial charge on any atom is 0.320 e. The summed E-state index contributed by atoms with van der Waals surface area (Å²) in [4.78, 5) is 20.2. The van der Waals surface area contributed by atoms with Crippen LogP contribution in [0.5, 0.6) is 0 Å². The maximum absolute atomic E-state index is 11.9. The van der Waals surface area contributed by atoms with Gasteiger partial charge < -0.3 is 5.32 Å². The Kier molecular flexibility index (Phi) is 4.68. The van der Waals surface area contributed by atoms with Gasteiger partial charge in [0, 0.05) is 16.9 Å². The van der Waals surface area contributed by atoms with Crippen molar-refractivity contribution in [2.24, 2.45) is 0 Å². The second kappa shape index (κ2) is 6.47. The van der Waals surface area contributed by atoms with Crippen molar-refractivity contribution in [3.8, 4) is 0 Å². The second-order valence-electron chi connectivity index (χ2n) is 4.37. The monoisotopic (exact) mass is 334 g/mol. The lowest BCUT2D eigenvalue weighted by molar-refractivity contribution is 0.249. The van der Waals surface area contributed by atoms with Crippen molar-refractivity contribution >= 4 is 27.8 Å². The fraction of sp³-hybridized carbons (Fsp3) is 0.214. The Labute approximate surface area is 126 Å². The van der Waals surface area contributed by atoms with Crippen LogP contribution in [0.1, 0.15) is 24.2 Å². The van der Waals surface area contributed by atoms with E-state index in [1.807, 2.05) is 32.0 Å². The van der Waals surface area contributed by atoms with Gasteiger partial charge in [-0.1, -0.05) is 6.07 Å². The van der Waals surface area contributed by atoms with Gasteiger partial charge in [-0.05, 0) is 53.5 Å². The first-order valence-electron chi connectivity index (χ1n) is 6.17. The zero-order valence-corrected chi connectivity index (χ0v) is 12.8. The van der Waals surface area contributed by atoms with Crippen LogP contribution in [0.25, 0.3) is 0 Å². The molecule has 0 aliphatic rings. The van der Waals surface area contributed by atoms with E-state index in [1.54, 1.807) is 18.5 Å². The number of halogens is 1. The van der Waals surface area contributed by atoms with Gasteiger partial charge in [-0.15, -0.1) is 0 Å². The molecular weight excluding hydrogens is 320 g/mol. The maximum atomic E-state index is 11.9. The molecule has 0 radical (unpaired) electrons. The van der Waals surface area contributed by atoms with Crippen molar-refractivity contribution in [2.45, 2.75) is 19.9 Å².